The maximum atomic E-state index is 13.0. The van der Waals surface area contributed by atoms with Crippen molar-refractivity contribution in [2.24, 2.45) is 0 Å². The Balaban J connectivity index is 2.23. The number of hydrogen-bond donors (Lipinski definition) is 0. The summed E-state index contributed by atoms with van der Waals surface area (Å²) in [5.74, 6) is 0.113. The zero-order valence-electron chi connectivity index (χ0n) is 11.8. The van der Waals surface area contributed by atoms with Gasteiger partial charge in [-0.3, -0.25) is 4.79 Å². The molecule has 20 heavy (non-hydrogen) atoms. The molecule has 1 aromatic heterocycles. The minimum Gasteiger partial charge on any atom is -0.361 e. The summed E-state index contributed by atoms with van der Waals surface area (Å²) < 4.78 is 17.9. The average Bonchev–Trinajstić information content (AvgIpc) is 2.86. The quantitative estimate of drug-likeness (QED) is 0.860. The van der Waals surface area contributed by atoms with Crippen LogP contribution in [0.4, 0.5) is 4.39 Å². The van der Waals surface area contributed by atoms with Gasteiger partial charge in [-0.2, -0.15) is 0 Å². The van der Waals surface area contributed by atoms with E-state index in [1.807, 2.05) is 13.8 Å². The minimum atomic E-state index is -0.289. The molecule has 5 heteroatoms. The summed E-state index contributed by atoms with van der Waals surface area (Å²) in [6.07, 6.45) is 0. The fourth-order valence-corrected chi connectivity index (χ4v) is 2.13. The second-order valence-electron chi connectivity index (χ2n) is 4.64. The monoisotopic (exact) mass is 276 g/mol. The lowest BCUT2D eigenvalue weighted by Gasteiger charge is -2.27. The predicted molar refractivity (Wildman–Crippen MR) is 72.8 cm³/mol. The van der Waals surface area contributed by atoms with Crippen molar-refractivity contribution in [3.63, 3.8) is 0 Å². The van der Waals surface area contributed by atoms with Gasteiger partial charge in [0, 0.05) is 12.6 Å². The number of halogens is 1. The molecule has 0 aliphatic heterocycles. The van der Waals surface area contributed by atoms with Crippen molar-refractivity contribution in [1.29, 1.82) is 0 Å². The van der Waals surface area contributed by atoms with E-state index in [9.17, 15) is 9.18 Å². The number of carbonyl (C=O) groups is 1. The van der Waals surface area contributed by atoms with Crippen molar-refractivity contribution in [2.45, 2.75) is 26.8 Å². The molecule has 0 fully saturated rings. The van der Waals surface area contributed by atoms with Crippen LogP contribution in [0.5, 0.6) is 0 Å². The van der Waals surface area contributed by atoms with Gasteiger partial charge in [-0.05, 0) is 38.5 Å². The van der Waals surface area contributed by atoms with Gasteiger partial charge in [0.1, 0.15) is 11.6 Å². The number of rotatable bonds is 4. The van der Waals surface area contributed by atoms with Gasteiger partial charge >= 0.3 is 0 Å². The van der Waals surface area contributed by atoms with Gasteiger partial charge in [-0.15, -0.1) is 0 Å². The molecule has 0 N–H and O–H groups in total. The molecular weight excluding hydrogens is 259 g/mol. The molecular formula is C15H17FN2O2. The molecule has 0 bridgehead atoms. The first-order valence-corrected chi connectivity index (χ1v) is 6.52. The number of nitrogens with zero attached hydrogens (tertiary/aromatic N) is 2. The summed E-state index contributed by atoms with van der Waals surface area (Å²) in [4.78, 5) is 14.1. The number of amides is 1. The van der Waals surface area contributed by atoms with E-state index in [0.717, 1.165) is 5.56 Å². The van der Waals surface area contributed by atoms with Crippen LogP contribution in [0.3, 0.4) is 0 Å². The van der Waals surface area contributed by atoms with Gasteiger partial charge in [0.25, 0.3) is 5.91 Å². The summed E-state index contributed by atoms with van der Waals surface area (Å²) in [5.41, 5.74) is 1.17. The lowest BCUT2D eigenvalue weighted by atomic mass is 10.1. The third-order valence-electron chi connectivity index (χ3n) is 3.27. The zero-order chi connectivity index (χ0) is 14.7. The molecule has 2 aromatic rings. The molecule has 0 spiro atoms. The van der Waals surface area contributed by atoms with E-state index in [-0.39, 0.29) is 17.8 Å². The van der Waals surface area contributed by atoms with Gasteiger partial charge in [0.05, 0.1) is 6.04 Å². The van der Waals surface area contributed by atoms with Gasteiger partial charge in [-0.1, -0.05) is 17.3 Å². The molecule has 1 aromatic carbocycles. The average molecular weight is 276 g/mol. The number of carbonyl (C=O) groups excluding carboxylic acids is 1. The van der Waals surface area contributed by atoms with Crippen LogP contribution < -0.4 is 0 Å². The lowest BCUT2D eigenvalue weighted by Crippen LogP contribution is -2.33. The summed E-state index contributed by atoms with van der Waals surface area (Å²) in [7, 11) is 0. The Hall–Kier alpha value is -2.17. The van der Waals surface area contributed by atoms with Crippen molar-refractivity contribution in [2.75, 3.05) is 6.54 Å². The van der Waals surface area contributed by atoms with E-state index in [0.29, 0.717) is 18.0 Å². The fourth-order valence-electron chi connectivity index (χ4n) is 2.13. The van der Waals surface area contributed by atoms with E-state index in [1.54, 1.807) is 30.0 Å². The van der Waals surface area contributed by atoms with Crippen molar-refractivity contribution >= 4 is 5.91 Å². The summed E-state index contributed by atoms with van der Waals surface area (Å²) in [6.45, 7) is 6.07. The van der Waals surface area contributed by atoms with Gasteiger partial charge in [-0.25, -0.2) is 4.39 Å². The lowest BCUT2D eigenvalue weighted by molar-refractivity contribution is 0.0691. The molecule has 0 aliphatic rings. The highest BCUT2D eigenvalue weighted by molar-refractivity contribution is 5.92. The summed E-state index contributed by atoms with van der Waals surface area (Å²) in [5, 5.41) is 3.75. The number of aryl methyl sites for hydroxylation is 1. The Labute approximate surface area is 117 Å². The van der Waals surface area contributed by atoms with E-state index >= 15 is 0 Å². The second kappa shape index (κ2) is 5.86. The Kier molecular flexibility index (Phi) is 4.17. The third kappa shape index (κ3) is 2.87. The van der Waals surface area contributed by atoms with Gasteiger partial charge < -0.3 is 9.42 Å². The fraction of sp³-hybridized carbons (Fsp3) is 0.333. The third-order valence-corrected chi connectivity index (χ3v) is 3.27. The van der Waals surface area contributed by atoms with Gasteiger partial charge in [0.2, 0.25) is 0 Å². The molecule has 0 saturated heterocycles. The molecule has 1 heterocycles. The van der Waals surface area contributed by atoms with Crippen LogP contribution in [-0.2, 0) is 0 Å². The van der Waals surface area contributed by atoms with Crippen LogP contribution in [0, 0.1) is 12.7 Å². The Morgan fingerprint density at radius 2 is 2.05 bits per heavy atom. The Morgan fingerprint density at radius 3 is 2.55 bits per heavy atom. The molecule has 1 atom stereocenters. The normalized spacial score (nSPS) is 12.2. The molecule has 0 aliphatic carbocycles. The molecule has 4 nitrogen and oxygen atoms in total. The number of hydrogen-bond acceptors (Lipinski definition) is 3. The molecule has 0 saturated carbocycles. The standard InChI is InChI=1S/C15H17FN2O2/c1-4-18(15(19)14-9-10(2)20-17-14)11(3)12-5-7-13(16)8-6-12/h5-9,11H,4H2,1-3H3. The topological polar surface area (TPSA) is 46.3 Å². The van der Waals surface area contributed by atoms with Crippen molar-refractivity contribution in [1.82, 2.24) is 10.1 Å². The highest BCUT2D eigenvalue weighted by Gasteiger charge is 2.23. The molecule has 1 amide bonds. The maximum absolute atomic E-state index is 13.0. The van der Waals surface area contributed by atoms with E-state index in [1.165, 1.54) is 12.1 Å². The largest absolute Gasteiger partial charge is 0.361 e. The molecule has 2 rings (SSSR count). The van der Waals surface area contributed by atoms with Gasteiger partial charge in [0.15, 0.2) is 5.69 Å². The summed E-state index contributed by atoms with van der Waals surface area (Å²) in [6, 6.07) is 7.61. The Bertz CT molecular complexity index is 592. The van der Waals surface area contributed by atoms with Crippen LogP contribution >= 0.6 is 0 Å². The first-order chi connectivity index (χ1) is 9.52. The zero-order valence-corrected chi connectivity index (χ0v) is 11.8. The highest BCUT2D eigenvalue weighted by atomic mass is 19.1. The molecule has 0 radical (unpaired) electrons. The SMILES string of the molecule is CCN(C(=O)c1cc(C)on1)C(C)c1ccc(F)cc1. The van der Waals surface area contributed by atoms with E-state index < -0.39 is 0 Å². The molecule has 106 valence electrons. The Morgan fingerprint density at radius 1 is 1.40 bits per heavy atom. The van der Waals surface area contributed by atoms with Crippen molar-refractivity contribution in [3.05, 3.63) is 53.2 Å². The first-order valence-electron chi connectivity index (χ1n) is 6.52. The van der Waals surface area contributed by atoms with E-state index in [4.69, 9.17) is 4.52 Å². The van der Waals surface area contributed by atoms with Crippen LogP contribution in [0.15, 0.2) is 34.9 Å². The van der Waals surface area contributed by atoms with Crippen LogP contribution in [0.2, 0.25) is 0 Å². The first kappa shape index (κ1) is 14.2. The minimum absolute atomic E-state index is 0.162. The van der Waals surface area contributed by atoms with Crippen molar-refractivity contribution < 1.29 is 13.7 Å². The maximum Gasteiger partial charge on any atom is 0.276 e. The number of benzene rings is 1. The van der Waals surface area contributed by atoms with E-state index in [2.05, 4.69) is 5.16 Å². The predicted octanol–water partition coefficient (Wildman–Crippen LogP) is 3.35. The number of aromatic nitrogens is 1. The summed E-state index contributed by atoms with van der Waals surface area (Å²) >= 11 is 0. The van der Waals surface area contributed by atoms with Crippen LogP contribution in [-0.4, -0.2) is 22.5 Å². The molecule has 1 unspecified atom stereocenters. The van der Waals surface area contributed by atoms with Crippen LogP contribution in [0.25, 0.3) is 0 Å². The van der Waals surface area contributed by atoms with Crippen LogP contribution in [0.1, 0.15) is 41.7 Å². The highest BCUT2D eigenvalue weighted by Crippen LogP contribution is 2.22. The second-order valence-corrected chi connectivity index (χ2v) is 4.64. The van der Waals surface area contributed by atoms with Crippen molar-refractivity contribution in [3.8, 4) is 0 Å². The smallest absolute Gasteiger partial charge is 0.276 e.